The van der Waals surface area contributed by atoms with Crippen LogP contribution >= 0.6 is 0 Å². The fraction of sp³-hybridized carbons (Fsp3) is 0.188. The first-order chi connectivity index (χ1) is 10.5. The summed E-state index contributed by atoms with van der Waals surface area (Å²) in [4.78, 5) is 13.7. The van der Waals surface area contributed by atoms with Crippen LogP contribution in [0.2, 0.25) is 0 Å². The topological polar surface area (TPSA) is 63.7 Å². The number of sulfone groups is 1. The van der Waals surface area contributed by atoms with Gasteiger partial charge in [0.15, 0.2) is 9.84 Å². The molecule has 0 spiro atoms. The van der Waals surface area contributed by atoms with E-state index in [1.54, 1.807) is 24.3 Å². The van der Waals surface area contributed by atoms with Crippen molar-refractivity contribution in [3.8, 4) is 0 Å². The van der Waals surface area contributed by atoms with E-state index in [-0.39, 0.29) is 12.4 Å². The molecule has 0 unspecified atom stereocenters. The Bertz CT molecular complexity index is 675. The molecule has 0 bridgehead atoms. The van der Waals surface area contributed by atoms with E-state index in [2.05, 4.69) is 0 Å². The second-order valence-electron chi connectivity index (χ2n) is 4.75. The molecule has 0 heterocycles. The summed E-state index contributed by atoms with van der Waals surface area (Å²) >= 11 is 0. The van der Waals surface area contributed by atoms with Crippen molar-refractivity contribution in [2.45, 2.75) is 0 Å². The average molecular weight is 319 g/mol. The first-order valence-corrected chi connectivity index (χ1v) is 8.78. The van der Waals surface area contributed by atoms with Crippen molar-refractivity contribution in [3.05, 3.63) is 60.7 Å². The maximum Gasteiger partial charge on any atom is 0.418 e. The molecular formula is C16H17NO4S. The minimum Gasteiger partial charge on any atom is -0.448 e. The van der Waals surface area contributed by atoms with E-state index in [0.717, 1.165) is 6.26 Å². The van der Waals surface area contributed by atoms with Crippen LogP contribution in [0, 0.1) is 0 Å². The third kappa shape index (κ3) is 4.60. The van der Waals surface area contributed by atoms with E-state index in [1.807, 2.05) is 36.4 Å². The number of amides is 1. The minimum absolute atomic E-state index is 0.173. The molecule has 0 radical (unpaired) electrons. The zero-order valence-electron chi connectivity index (χ0n) is 12.2. The molecule has 0 atom stereocenters. The molecule has 0 aliphatic rings. The quantitative estimate of drug-likeness (QED) is 0.850. The molecule has 0 fully saturated rings. The van der Waals surface area contributed by atoms with Crippen molar-refractivity contribution in [3.63, 3.8) is 0 Å². The summed E-state index contributed by atoms with van der Waals surface area (Å²) in [7, 11) is -3.17. The number of anilines is 2. The van der Waals surface area contributed by atoms with Crippen molar-refractivity contribution in [1.29, 1.82) is 0 Å². The Kier molecular flexibility index (Phi) is 5.16. The second kappa shape index (κ2) is 7.09. The van der Waals surface area contributed by atoms with Crippen molar-refractivity contribution >= 4 is 27.3 Å². The maximum atomic E-state index is 12.3. The first-order valence-electron chi connectivity index (χ1n) is 6.72. The molecule has 0 saturated heterocycles. The first kappa shape index (κ1) is 16.0. The van der Waals surface area contributed by atoms with Gasteiger partial charge in [0.2, 0.25) is 0 Å². The van der Waals surface area contributed by atoms with Gasteiger partial charge in [-0.05, 0) is 24.3 Å². The van der Waals surface area contributed by atoms with Gasteiger partial charge in [-0.2, -0.15) is 0 Å². The molecule has 2 rings (SSSR count). The summed E-state index contributed by atoms with van der Waals surface area (Å²) < 4.78 is 27.3. The highest BCUT2D eigenvalue weighted by Crippen LogP contribution is 2.25. The number of nitrogens with zero attached hydrogens (tertiary/aromatic N) is 1. The number of hydrogen-bond acceptors (Lipinski definition) is 4. The largest absolute Gasteiger partial charge is 0.448 e. The van der Waals surface area contributed by atoms with Crippen LogP contribution in [0.1, 0.15) is 0 Å². The number of benzene rings is 2. The zero-order valence-corrected chi connectivity index (χ0v) is 13.0. The Hall–Kier alpha value is -2.34. The van der Waals surface area contributed by atoms with Crippen molar-refractivity contribution in [2.75, 3.05) is 23.5 Å². The highest BCUT2D eigenvalue weighted by Gasteiger charge is 2.19. The van der Waals surface area contributed by atoms with Crippen LogP contribution in [0.4, 0.5) is 16.2 Å². The van der Waals surface area contributed by atoms with Crippen LogP contribution in [0.15, 0.2) is 60.7 Å². The predicted octanol–water partition coefficient (Wildman–Crippen LogP) is 3.01. The summed E-state index contributed by atoms with van der Waals surface area (Å²) in [5.41, 5.74) is 1.30. The number of carbonyl (C=O) groups excluding carboxylic acids is 1. The smallest absolute Gasteiger partial charge is 0.418 e. The van der Waals surface area contributed by atoms with Gasteiger partial charge < -0.3 is 4.74 Å². The molecule has 116 valence electrons. The van der Waals surface area contributed by atoms with Gasteiger partial charge in [0, 0.05) is 6.26 Å². The zero-order chi connectivity index (χ0) is 16.0. The monoisotopic (exact) mass is 319 g/mol. The van der Waals surface area contributed by atoms with E-state index < -0.39 is 15.9 Å². The number of carbonyl (C=O) groups is 1. The molecule has 22 heavy (non-hydrogen) atoms. The van der Waals surface area contributed by atoms with Gasteiger partial charge in [-0.25, -0.2) is 18.1 Å². The fourth-order valence-corrected chi connectivity index (χ4v) is 2.25. The van der Waals surface area contributed by atoms with Crippen molar-refractivity contribution < 1.29 is 17.9 Å². The van der Waals surface area contributed by atoms with Crippen LogP contribution in [-0.2, 0) is 14.6 Å². The standard InChI is InChI=1S/C16H17NO4S/c1-22(19,20)13-12-21-16(18)17(14-8-4-2-5-9-14)15-10-6-3-7-11-15/h2-11H,12-13H2,1H3. The van der Waals surface area contributed by atoms with Gasteiger partial charge in [-0.15, -0.1) is 0 Å². The van der Waals surface area contributed by atoms with Gasteiger partial charge in [0.05, 0.1) is 17.1 Å². The normalized spacial score (nSPS) is 11.0. The summed E-state index contributed by atoms with van der Waals surface area (Å²) in [5, 5.41) is 0. The summed E-state index contributed by atoms with van der Waals surface area (Å²) in [5.74, 6) is -0.198. The van der Waals surface area contributed by atoms with Crippen LogP contribution in [0.5, 0.6) is 0 Å². The lowest BCUT2D eigenvalue weighted by Crippen LogP contribution is -2.28. The molecule has 0 aromatic heterocycles. The molecule has 2 aromatic carbocycles. The van der Waals surface area contributed by atoms with Gasteiger partial charge >= 0.3 is 6.09 Å². The number of para-hydroxylation sites is 2. The Morgan fingerprint density at radius 1 is 0.955 bits per heavy atom. The van der Waals surface area contributed by atoms with Gasteiger partial charge in [-0.3, -0.25) is 0 Å². The highest BCUT2D eigenvalue weighted by atomic mass is 32.2. The number of ether oxygens (including phenoxy) is 1. The van der Waals surface area contributed by atoms with Gasteiger partial charge in [0.25, 0.3) is 0 Å². The summed E-state index contributed by atoms with van der Waals surface area (Å²) in [6, 6.07) is 18.1. The maximum absolute atomic E-state index is 12.3. The van der Waals surface area contributed by atoms with E-state index >= 15 is 0 Å². The predicted molar refractivity (Wildman–Crippen MR) is 86.1 cm³/mol. The van der Waals surface area contributed by atoms with Crippen molar-refractivity contribution in [1.82, 2.24) is 0 Å². The Labute approximate surface area is 130 Å². The number of rotatable bonds is 5. The molecule has 1 amide bonds. The molecule has 0 aliphatic carbocycles. The second-order valence-corrected chi connectivity index (χ2v) is 7.01. The molecule has 2 aromatic rings. The van der Waals surface area contributed by atoms with Crippen LogP contribution in [0.25, 0.3) is 0 Å². The van der Waals surface area contributed by atoms with Crippen LogP contribution in [-0.4, -0.2) is 33.1 Å². The van der Waals surface area contributed by atoms with Gasteiger partial charge in [-0.1, -0.05) is 36.4 Å². The van der Waals surface area contributed by atoms with Crippen molar-refractivity contribution in [2.24, 2.45) is 0 Å². The molecule has 0 N–H and O–H groups in total. The van der Waals surface area contributed by atoms with E-state index in [9.17, 15) is 13.2 Å². The molecular weight excluding hydrogens is 302 g/mol. The Balaban J connectivity index is 2.20. The Morgan fingerprint density at radius 3 is 1.82 bits per heavy atom. The van der Waals surface area contributed by atoms with Gasteiger partial charge in [0.1, 0.15) is 6.61 Å². The SMILES string of the molecule is CS(=O)(=O)CCOC(=O)N(c1ccccc1)c1ccccc1. The highest BCUT2D eigenvalue weighted by molar-refractivity contribution is 7.90. The third-order valence-corrected chi connectivity index (χ3v) is 3.80. The van der Waals surface area contributed by atoms with Crippen LogP contribution in [0.3, 0.4) is 0 Å². The Morgan fingerprint density at radius 2 is 1.41 bits per heavy atom. The third-order valence-electron chi connectivity index (χ3n) is 2.89. The fourth-order valence-electron chi connectivity index (χ4n) is 1.86. The minimum atomic E-state index is -3.17. The van der Waals surface area contributed by atoms with Crippen LogP contribution < -0.4 is 4.90 Å². The lowest BCUT2D eigenvalue weighted by atomic mass is 10.2. The lowest BCUT2D eigenvalue weighted by Gasteiger charge is -2.22. The lowest BCUT2D eigenvalue weighted by molar-refractivity contribution is 0.163. The molecule has 5 nitrogen and oxygen atoms in total. The van der Waals surface area contributed by atoms with E-state index in [1.165, 1.54) is 4.90 Å². The van der Waals surface area contributed by atoms with E-state index in [4.69, 9.17) is 4.74 Å². The average Bonchev–Trinajstić information content (AvgIpc) is 2.48. The molecule has 0 aliphatic heterocycles. The molecule has 0 saturated carbocycles. The number of hydrogen-bond donors (Lipinski definition) is 0. The molecule has 6 heteroatoms. The van der Waals surface area contributed by atoms with E-state index in [0.29, 0.717) is 11.4 Å². The summed E-state index contributed by atoms with van der Waals surface area (Å²) in [6.45, 7) is -0.173. The summed E-state index contributed by atoms with van der Waals surface area (Å²) in [6.07, 6.45) is 0.494.